The largest absolute Gasteiger partial charge is 0.476 e. The zero-order valence-corrected chi connectivity index (χ0v) is 6.60. The molecule has 58 valence electrons. The fourth-order valence-electron chi connectivity index (χ4n) is 0.647. The smallest absolute Gasteiger partial charge is 0.365 e. The van der Waals surface area contributed by atoms with Crippen LogP contribution < -0.4 is 0 Å². The van der Waals surface area contributed by atoms with Crippen molar-refractivity contribution in [2.75, 3.05) is 0 Å². The van der Waals surface area contributed by atoms with Gasteiger partial charge in [-0.2, -0.15) is 0 Å². The topological polar surface area (TPSA) is 50.2 Å². The molecule has 0 saturated carbocycles. The molecule has 1 rings (SSSR count). The molecule has 0 radical (unpaired) electrons. The Morgan fingerprint density at radius 2 is 2.64 bits per heavy atom. The van der Waals surface area contributed by atoms with E-state index >= 15 is 0 Å². The van der Waals surface area contributed by atoms with E-state index in [1.54, 1.807) is 11.5 Å². The van der Waals surface area contributed by atoms with Crippen molar-refractivity contribution < 1.29 is 9.90 Å². The highest BCUT2D eigenvalue weighted by Crippen LogP contribution is 2.09. The highest BCUT2D eigenvalue weighted by Gasteiger charge is 2.06. The first-order valence-corrected chi connectivity index (χ1v) is 3.90. The molecule has 0 aliphatic heterocycles. The maximum atomic E-state index is 10.3. The van der Waals surface area contributed by atoms with Crippen LogP contribution in [0.3, 0.4) is 0 Å². The third-order valence-electron chi connectivity index (χ3n) is 1.09. The van der Waals surface area contributed by atoms with Gasteiger partial charge in [0.05, 0.1) is 5.69 Å². The maximum Gasteiger partial charge on any atom is 0.365 e. The van der Waals surface area contributed by atoms with Gasteiger partial charge < -0.3 is 5.11 Å². The van der Waals surface area contributed by atoms with Crippen LogP contribution in [0.2, 0.25) is 0 Å². The van der Waals surface area contributed by atoms with Gasteiger partial charge >= 0.3 is 5.97 Å². The molecule has 0 aromatic carbocycles. The summed E-state index contributed by atoms with van der Waals surface area (Å²) in [4.78, 5) is 14.2. The molecule has 0 fully saturated rings. The van der Waals surface area contributed by atoms with Crippen molar-refractivity contribution in [3.05, 3.63) is 28.7 Å². The second kappa shape index (κ2) is 3.30. The van der Waals surface area contributed by atoms with Crippen LogP contribution in [0.15, 0.2) is 18.0 Å². The zero-order valence-electron chi connectivity index (χ0n) is 5.78. The molecule has 0 atom stereocenters. The SMILES string of the molecule is C=CCc1csc(C(=O)O)n1. The van der Waals surface area contributed by atoms with E-state index in [1.165, 1.54) is 0 Å². The number of carboxylic acid groups (broad SMARTS) is 1. The van der Waals surface area contributed by atoms with Crippen LogP contribution in [0.4, 0.5) is 0 Å². The van der Waals surface area contributed by atoms with Crippen LogP contribution in [0.5, 0.6) is 0 Å². The van der Waals surface area contributed by atoms with E-state index in [2.05, 4.69) is 11.6 Å². The van der Waals surface area contributed by atoms with Gasteiger partial charge in [-0.1, -0.05) is 6.08 Å². The van der Waals surface area contributed by atoms with Crippen molar-refractivity contribution in [3.8, 4) is 0 Å². The summed E-state index contributed by atoms with van der Waals surface area (Å²) in [5.74, 6) is -0.967. The Morgan fingerprint density at radius 1 is 1.91 bits per heavy atom. The Bertz CT molecular complexity index is 280. The van der Waals surface area contributed by atoms with E-state index < -0.39 is 5.97 Å². The van der Waals surface area contributed by atoms with Crippen molar-refractivity contribution >= 4 is 17.3 Å². The maximum absolute atomic E-state index is 10.3. The summed E-state index contributed by atoms with van der Waals surface area (Å²) in [5, 5.41) is 10.4. The number of thiazole rings is 1. The molecule has 11 heavy (non-hydrogen) atoms. The van der Waals surface area contributed by atoms with Crippen molar-refractivity contribution in [3.63, 3.8) is 0 Å². The number of carbonyl (C=O) groups is 1. The van der Waals surface area contributed by atoms with Crippen LogP contribution in [0.25, 0.3) is 0 Å². The number of carboxylic acids is 1. The second-order valence-corrected chi connectivity index (χ2v) is 2.80. The lowest BCUT2D eigenvalue weighted by atomic mass is 10.3. The van der Waals surface area contributed by atoms with E-state index in [1.807, 2.05) is 0 Å². The molecular weight excluding hydrogens is 162 g/mol. The molecule has 0 aliphatic rings. The molecule has 1 aromatic heterocycles. The van der Waals surface area contributed by atoms with E-state index in [0.29, 0.717) is 6.42 Å². The number of rotatable bonds is 3. The van der Waals surface area contributed by atoms with Gasteiger partial charge in [0.1, 0.15) is 0 Å². The van der Waals surface area contributed by atoms with Gasteiger partial charge in [-0.15, -0.1) is 17.9 Å². The van der Waals surface area contributed by atoms with Crippen molar-refractivity contribution in [1.29, 1.82) is 0 Å². The average Bonchev–Trinajstić information content (AvgIpc) is 2.37. The van der Waals surface area contributed by atoms with Gasteiger partial charge in [-0.25, -0.2) is 9.78 Å². The van der Waals surface area contributed by atoms with E-state index in [4.69, 9.17) is 5.11 Å². The summed E-state index contributed by atoms with van der Waals surface area (Å²) < 4.78 is 0. The van der Waals surface area contributed by atoms with E-state index in [9.17, 15) is 4.79 Å². The molecule has 4 heteroatoms. The molecule has 1 N–H and O–H groups in total. The molecule has 1 aromatic rings. The lowest BCUT2D eigenvalue weighted by Crippen LogP contribution is -1.94. The van der Waals surface area contributed by atoms with E-state index in [0.717, 1.165) is 17.0 Å². The molecule has 0 amide bonds. The predicted molar refractivity (Wildman–Crippen MR) is 43.0 cm³/mol. The minimum atomic E-state index is -0.967. The highest BCUT2D eigenvalue weighted by molar-refractivity contribution is 7.11. The first-order chi connectivity index (χ1) is 5.24. The number of aromatic nitrogens is 1. The van der Waals surface area contributed by atoms with Crippen LogP contribution in [-0.4, -0.2) is 16.1 Å². The van der Waals surface area contributed by atoms with Gasteiger partial charge in [0.25, 0.3) is 0 Å². The predicted octanol–water partition coefficient (Wildman–Crippen LogP) is 1.57. The van der Waals surface area contributed by atoms with Crippen molar-refractivity contribution in [1.82, 2.24) is 4.98 Å². The number of hydrogen-bond donors (Lipinski definition) is 1. The summed E-state index contributed by atoms with van der Waals surface area (Å²) in [6, 6.07) is 0. The average molecular weight is 169 g/mol. The van der Waals surface area contributed by atoms with E-state index in [-0.39, 0.29) is 5.01 Å². The lowest BCUT2D eigenvalue weighted by molar-refractivity contribution is 0.0696. The second-order valence-electron chi connectivity index (χ2n) is 1.94. The monoisotopic (exact) mass is 169 g/mol. The van der Waals surface area contributed by atoms with Gasteiger partial charge in [-0.3, -0.25) is 0 Å². The number of aromatic carboxylic acids is 1. The lowest BCUT2D eigenvalue weighted by Gasteiger charge is -1.83. The van der Waals surface area contributed by atoms with Crippen molar-refractivity contribution in [2.45, 2.75) is 6.42 Å². The number of hydrogen-bond acceptors (Lipinski definition) is 3. The molecule has 0 unspecified atom stereocenters. The Morgan fingerprint density at radius 3 is 3.09 bits per heavy atom. The van der Waals surface area contributed by atoms with Gasteiger partial charge in [0.2, 0.25) is 5.01 Å². The molecule has 3 nitrogen and oxygen atoms in total. The summed E-state index contributed by atoms with van der Waals surface area (Å²) >= 11 is 1.14. The standard InChI is InChI=1S/C7H7NO2S/c1-2-3-5-4-11-6(8-5)7(9)10/h2,4H,1,3H2,(H,9,10). The summed E-state index contributed by atoms with van der Waals surface area (Å²) in [5.41, 5.74) is 0.766. The quantitative estimate of drug-likeness (QED) is 0.699. The molecule has 0 spiro atoms. The third kappa shape index (κ3) is 1.88. The summed E-state index contributed by atoms with van der Waals surface area (Å²) in [6.45, 7) is 3.53. The Labute approximate surface area is 68.0 Å². The molecule has 0 aliphatic carbocycles. The number of nitrogens with zero attached hydrogens (tertiary/aromatic N) is 1. The normalized spacial score (nSPS) is 9.45. The first kappa shape index (κ1) is 7.94. The van der Waals surface area contributed by atoms with Crippen LogP contribution in [-0.2, 0) is 6.42 Å². The fraction of sp³-hybridized carbons (Fsp3) is 0.143. The van der Waals surface area contributed by atoms with Crippen LogP contribution in [0, 0.1) is 0 Å². The molecule has 0 bridgehead atoms. The molecule has 1 heterocycles. The summed E-state index contributed by atoms with van der Waals surface area (Å²) in [7, 11) is 0. The Kier molecular flexibility index (Phi) is 2.38. The third-order valence-corrected chi connectivity index (χ3v) is 1.97. The van der Waals surface area contributed by atoms with Crippen LogP contribution in [0.1, 0.15) is 15.5 Å². The van der Waals surface area contributed by atoms with Crippen LogP contribution >= 0.6 is 11.3 Å². The highest BCUT2D eigenvalue weighted by atomic mass is 32.1. The minimum absolute atomic E-state index is 0.141. The Balaban J connectivity index is 2.81. The van der Waals surface area contributed by atoms with Gasteiger partial charge in [0.15, 0.2) is 0 Å². The minimum Gasteiger partial charge on any atom is -0.476 e. The Hall–Kier alpha value is -1.16. The first-order valence-electron chi connectivity index (χ1n) is 3.02. The molecule has 0 saturated heterocycles. The van der Waals surface area contributed by atoms with Gasteiger partial charge in [-0.05, 0) is 0 Å². The number of allylic oxidation sites excluding steroid dienone is 1. The van der Waals surface area contributed by atoms with Crippen molar-refractivity contribution in [2.24, 2.45) is 0 Å². The molecular formula is C7H7NO2S. The van der Waals surface area contributed by atoms with Gasteiger partial charge in [0, 0.05) is 11.8 Å². The zero-order chi connectivity index (χ0) is 8.27. The summed E-state index contributed by atoms with van der Waals surface area (Å²) in [6.07, 6.45) is 2.32. The fourth-order valence-corrected chi connectivity index (χ4v) is 1.31.